The van der Waals surface area contributed by atoms with Crippen molar-refractivity contribution in [3.8, 4) is 51.2 Å². The number of fused-ring (bicyclic) bond motifs is 8. The first kappa shape index (κ1) is 30.1. The zero-order valence-electron chi connectivity index (χ0n) is 28.9. The molecule has 7 nitrogen and oxygen atoms in total. The highest BCUT2D eigenvalue weighted by molar-refractivity contribution is 6.10. The van der Waals surface area contributed by atoms with Crippen molar-refractivity contribution >= 4 is 49.4 Å². The monoisotopic (exact) mass is 691 g/mol. The van der Waals surface area contributed by atoms with Crippen LogP contribution in [-0.4, -0.2) is 33.9 Å². The summed E-state index contributed by atoms with van der Waals surface area (Å²) in [5.41, 5.74) is 11.0. The van der Waals surface area contributed by atoms with E-state index in [1.807, 2.05) is 78.9 Å². The van der Waals surface area contributed by atoms with Crippen molar-refractivity contribution in [3.05, 3.63) is 176 Å². The van der Waals surface area contributed by atoms with Gasteiger partial charge in [0.1, 0.15) is 5.65 Å². The van der Waals surface area contributed by atoms with Gasteiger partial charge in [-0.15, -0.1) is 0 Å². The summed E-state index contributed by atoms with van der Waals surface area (Å²) >= 11 is 0. The highest BCUT2D eigenvalue weighted by Crippen LogP contribution is 2.37. The SMILES string of the molecule is c1ccc(-c2nc(-c3ccccc3)nc(-c3ccc(-c4ccc5c(c4)c4ccccc4n5-c4nc5ccccc5c5nc6ccccc6n45)cc3)n2)cc1. The Balaban J connectivity index is 1.05. The lowest BCUT2D eigenvalue weighted by atomic mass is 10.0. The Morgan fingerprint density at radius 1 is 0.315 bits per heavy atom. The van der Waals surface area contributed by atoms with Gasteiger partial charge in [-0.25, -0.2) is 24.9 Å². The Morgan fingerprint density at radius 3 is 1.50 bits per heavy atom. The number of benzene rings is 7. The second kappa shape index (κ2) is 12.0. The minimum absolute atomic E-state index is 0.633. The first-order valence-corrected chi connectivity index (χ1v) is 17.9. The summed E-state index contributed by atoms with van der Waals surface area (Å²) < 4.78 is 4.48. The highest BCUT2D eigenvalue weighted by Gasteiger charge is 2.20. The minimum atomic E-state index is 0.633. The van der Waals surface area contributed by atoms with Gasteiger partial charge in [0.25, 0.3) is 0 Å². The van der Waals surface area contributed by atoms with Gasteiger partial charge in [-0.2, -0.15) is 0 Å². The molecular weight excluding hydrogens is 663 g/mol. The summed E-state index contributed by atoms with van der Waals surface area (Å²) in [6.07, 6.45) is 0. The van der Waals surface area contributed by atoms with Crippen LogP contribution < -0.4 is 0 Å². The van der Waals surface area contributed by atoms with Crippen LogP contribution in [0.5, 0.6) is 0 Å². The molecule has 0 fully saturated rings. The van der Waals surface area contributed by atoms with Crippen LogP contribution in [0.4, 0.5) is 0 Å². The predicted molar refractivity (Wildman–Crippen MR) is 217 cm³/mol. The van der Waals surface area contributed by atoms with Crippen LogP contribution in [0.1, 0.15) is 0 Å². The van der Waals surface area contributed by atoms with E-state index < -0.39 is 0 Å². The van der Waals surface area contributed by atoms with Crippen LogP contribution in [-0.2, 0) is 0 Å². The quantitative estimate of drug-likeness (QED) is 0.180. The van der Waals surface area contributed by atoms with E-state index in [0.717, 1.165) is 83.2 Å². The van der Waals surface area contributed by atoms with E-state index in [9.17, 15) is 0 Å². The summed E-state index contributed by atoms with van der Waals surface area (Å²) in [7, 11) is 0. The molecule has 0 N–H and O–H groups in total. The van der Waals surface area contributed by atoms with Gasteiger partial charge in [-0.1, -0.05) is 133 Å². The molecule has 11 rings (SSSR count). The topological polar surface area (TPSA) is 73.8 Å². The molecule has 54 heavy (non-hydrogen) atoms. The molecule has 0 unspecified atom stereocenters. The molecule has 7 aromatic carbocycles. The fourth-order valence-corrected chi connectivity index (χ4v) is 7.59. The summed E-state index contributed by atoms with van der Waals surface area (Å²) in [4.78, 5) is 25.1. The second-order valence-corrected chi connectivity index (χ2v) is 13.4. The van der Waals surface area contributed by atoms with Crippen LogP contribution in [0.15, 0.2) is 176 Å². The van der Waals surface area contributed by atoms with Gasteiger partial charge in [-0.05, 0) is 53.6 Å². The summed E-state index contributed by atoms with van der Waals surface area (Å²) in [5, 5.41) is 3.33. The zero-order valence-corrected chi connectivity index (χ0v) is 28.9. The number of hydrogen-bond acceptors (Lipinski definition) is 5. The molecule has 252 valence electrons. The Bertz CT molecular complexity index is 3140. The lowest BCUT2D eigenvalue weighted by molar-refractivity contribution is 0.979. The van der Waals surface area contributed by atoms with E-state index >= 15 is 0 Å². The van der Waals surface area contributed by atoms with Gasteiger partial charge in [0, 0.05) is 32.8 Å². The third-order valence-corrected chi connectivity index (χ3v) is 10.2. The molecular formula is C47H29N7. The van der Waals surface area contributed by atoms with Crippen molar-refractivity contribution in [1.82, 2.24) is 33.9 Å². The Labute approximate surface area is 309 Å². The van der Waals surface area contributed by atoms with Crippen molar-refractivity contribution in [2.45, 2.75) is 0 Å². The third kappa shape index (κ3) is 4.79. The van der Waals surface area contributed by atoms with Gasteiger partial charge in [-0.3, -0.25) is 8.97 Å². The molecule has 0 saturated carbocycles. The van der Waals surface area contributed by atoms with Crippen LogP contribution in [0, 0.1) is 0 Å². The number of para-hydroxylation sites is 4. The molecule has 0 bridgehead atoms. The van der Waals surface area contributed by atoms with Crippen LogP contribution in [0.3, 0.4) is 0 Å². The van der Waals surface area contributed by atoms with Crippen molar-refractivity contribution in [2.75, 3.05) is 0 Å². The molecule has 7 heteroatoms. The van der Waals surface area contributed by atoms with Gasteiger partial charge in [0.2, 0.25) is 5.95 Å². The molecule has 0 atom stereocenters. The van der Waals surface area contributed by atoms with Crippen molar-refractivity contribution < 1.29 is 0 Å². The molecule has 11 aromatic rings. The molecule has 0 saturated heterocycles. The Morgan fingerprint density at radius 2 is 0.815 bits per heavy atom. The van der Waals surface area contributed by atoms with E-state index in [1.165, 1.54) is 0 Å². The summed E-state index contributed by atoms with van der Waals surface area (Å²) in [6.45, 7) is 0. The predicted octanol–water partition coefficient (Wildman–Crippen LogP) is 11.0. The largest absolute Gasteiger partial charge is 0.279 e. The zero-order chi connectivity index (χ0) is 35.6. The van der Waals surface area contributed by atoms with E-state index in [0.29, 0.717) is 17.5 Å². The maximum atomic E-state index is 5.31. The molecule has 4 heterocycles. The maximum absolute atomic E-state index is 5.31. The first-order chi connectivity index (χ1) is 26.8. The second-order valence-electron chi connectivity index (χ2n) is 13.4. The average Bonchev–Trinajstić information content (AvgIpc) is 3.80. The molecule has 0 spiro atoms. The Kier molecular flexibility index (Phi) is 6.72. The molecule has 4 aromatic heterocycles. The number of imidazole rings is 1. The minimum Gasteiger partial charge on any atom is -0.279 e. The van der Waals surface area contributed by atoms with Crippen LogP contribution >= 0.6 is 0 Å². The molecule has 0 aliphatic rings. The van der Waals surface area contributed by atoms with Gasteiger partial charge in [0.15, 0.2) is 17.5 Å². The fourth-order valence-electron chi connectivity index (χ4n) is 7.59. The van der Waals surface area contributed by atoms with E-state index in [2.05, 4.69) is 106 Å². The normalized spacial score (nSPS) is 11.7. The number of rotatable bonds is 5. The van der Waals surface area contributed by atoms with Crippen molar-refractivity contribution in [3.63, 3.8) is 0 Å². The van der Waals surface area contributed by atoms with Crippen molar-refractivity contribution in [2.24, 2.45) is 0 Å². The number of hydrogen-bond donors (Lipinski definition) is 0. The molecule has 0 aliphatic carbocycles. The van der Waals surface area contributed by atoms with Gasteiger partial charge >= 0.3 is 0 Å². The van der Waals surface area contributed by atoms with Gasteiger partial charge < -0.3 is 0 Å². The van der Waals surface area contributed by atoms with Crippen LogP contribution in [0.25, 0.3) is 101 Å². The summed E-state index contributed by atoms with van der Waals surface area (Å²) in [6, 6.07) is 60.4. The lowest BCUT2D eigenvalue weighted by Crippen LogP contribution is -2.06. The molecule has 0 amide bonds. The third-order valence-electron chi connectivity index (χ3n) is 10.2. The molecule has 0 aliphatic heterocycles. The fraction of sp³-hybridized carbons (Fsp3) is 0. The average molecular weight is 692 g/mol. The molecule has 0 radical (unpaired) electrons. The van der Waals surface area contributed by atoms with Gasteiger partial charge in [0.05, 0.1) is 27.6 Å². The van der Waals surface area contributed by atoms with Crippen LogP contribution in [0.2, 0.25) is 0 Å². The van der Waals surface area contributed by atoms with E-state index in [4.69, 9.17) is 24.9 Å². The maximum Gasteiger partial charge on any atom is 0.221 e. The highest BCUT2D eigenvalue weighted by atomic mass is 15.2. The summed E-state index contributed by atoms with van der Waals surface area (Å²) in [5.74, 6) is 2.73. The standard InChI is InChI=1S/C47H29N7/c1-3-13-31(14-4-1)43-50-44(32-15-5-2-6-16-32)52-45(51-43)33-25-23-30(24-26-33)34-27-28-41-37(29-34)35-17-8-11-21-40(35)53(41)47-49-38-19-9-7-18-36(38)46-48-39-20-10-12-22-42(39)54(46)47/h1-29H. The first-order valence-electron chi connectivity index (χ1n) is 17.9. The lowest BCUT2D eigenvalue weighted by Gasteiger charge is -2.12. The smallest absolute Gasteiger partial charge is 0.221 e. The van der Waals surface area contributed by atoms with Crippen molar-refractivity contribution in [1.29, 1.82) is 0 Å². The van der Waals surface area contributed by atoms with E-state index in [-0.39, 0.29) is 0 Å². The van der Waals surface area contributed by atoms with E-state index in [1.54, 1.807) is 0 Å². The Hall–Kier alpha value is -7.51. The number of aromatic nitrogens is 7. The number of nitrogens with zero attached hydrogens (tertiary/aromatic N) is 7.